The van der Waals surface area contributed by atoms with Gasteiger partial charge in [-0.3, -0.25) is 14.9 Å². The molecule has 0 saturated carbocycles. The van der Waals surface area contributed by atoms with Gasteiger partial charge in [0.2, 0.25) is 0 Å². The van der Waals surface area contributed by atoms with E-state index in [0.717, 1.165) is 12.1 Å². The summed E-state index contributed by atoms with van der Waals surface area (Å²) in [7, 11) is 1.48. The van der Waals surface area contributed by atoms with Crippen LogP contribution in [0.15, 0.2) is 12.1 Å². The van der Waals surface area contributed by atoms with Crippen molar-refractivity contribution in [1.82, 2.24) is 5.32 Å². The fraction of sp³-hybridized carbons (Fsp3) is 0.500. The van der Waals surface area contributed by atoms with Gasteiger partial charge in [0.1, 0.15) is 5.56 Å². The van der Waals surface area contributed by atoms with Gasteiger partial charge in [-0.25, -0.2) is 4.39 Å². The summed E-state index contributed by atoms with van der Waals surface area (Å²) in [5, 5.41) is 16.4. The van der Waals surface area contributed by atoms with Gasteiger partial charge in [-0.15, -0.1) is 0 Å². The van der Waals surface area contributed by atoms with Crippen molar-refractivity contribution in [1.29, 1.82) is 0 Å². The average molecular weight is 297 g/mol. The third-order valence-electron chi connectivity index (χ3n) is 3.77. The molecule has 0 heterocycles. The predicted octanol–water partition coefficient (Wildman–Crippen LogP) is 3.08. The first kappa shape index (κ1) is 16.9. The van der Waals surface area contributed by atoms with Gasteiger partial charge in [-0.05, 0) is 25.8 Å². The molecule has 1 aromatic rings. The lowest BCUT2D eigenvalue weighted by molar-refractivity contribution is -0.385. The van der Waals surface area contributed by atoms with Crippen LogP contribution in [-0.2, 0) is 0 Å². The lowest BCUT2D eigenvalue weighted by Gasteiger charge is -2.28. The summed E-state index contributed by atoms with van der Waals surface area (Å²) in [6.07, 6.45) is 1.37. The molecule has 0 saturated heterocycles. The summed E-state index contributed by atoms with van der Waals surface area (Å²) in [6, 6.07) is 1.92. The first-order chi connectivity index (χ1) is 9.77. The third kappa shape index (κ3) is 3.68. The second-order valence-electron chi connectivity index (χ2n) is 5.08. The molecule has 1 amide bonds. The molecule has 6 nitrogen and oxygen atoms in total. The number of amides is 1. The van der Waals surface area contributed by atoms with Crippen LogP contribution in [0, 0.1) is 15.9 Å². The van der Waals surface area contributed by atoms with Crippen LogP contribution in [0.4, 0.5) is 15.8 Å². The summed E-state index contributed by atoms with van der Waals surface area (Å²) < 4.78 is 13.6. The Morgan fingerprint density at radius 2 is 1.95 bits per heavy atom. The maximum absolute atomic E-state index is 13.6. The van der Waals surface area contributed by atoms with Crippen LogP contribution < -0.4 is 10.6 Å². The van der Waals surface area contributed by atoms with Crippen molar-refractivity contribution in [3.8, 4) is 0 Å². The Labute approximate surface area is 122 Å². The number of benzene rings is 1. The summed E-state index contributed by atoms with van der Waals surface area (Å²) >= 11 is 0. The molecule has 1 aromatic carbocycles. The normalized spacial score (nSPS) is 11.1. The zero-order valence-electron chi connectivity index (χ0n) is 12.6. The number of hydrogen-bond acceptors (Lipinski definition) is 4. The van der Waals surface area contributed by atoms with E-state index in [0.29, 0.717) is 12.8 Å². The van der Waals surface area contributed by atoms with Crippen LogP contribution in [0.3, 0.4) is 0 Å². The number of nitro groups is 1. The Bertz CT molecular complexity index is 557. The van der Waals surface area contributed by atoms with Crippen molar-refractivity contribution in [3.63, 3.8) is 0 Å². The van der Waals surface area contributed by atoms with Gasteiger partial charge in [0.15, 0.2) is 5.82 Å². The Hall–Kier alpha value is -2.18. The minimum Gasteiger partial charge on any atom is -0.386 e. The lowest BCUT2D eigenvalue weighted by Crippen LogP contribution is -2.45. The molecule has 21 heavy (non-hydrogen) atoms. The molecule has 0 radical (unpaired) electrons. The average Bonchev–Trinajstić information content (AvgIpc) is 2.46. The first-order valence-electron chi connectivity index (χ1n) is 6.76. The molecule has 0 bridgehead atoms. The molecule has 0 spiro atoms. The molecule has 0 unspecified atom stereocenters. The maximum atomic E-state index is 13.6. The molecular weight excluding hydrogens is 277 g/mol. The number of hydrogen-bond donors (Lipinski definition) is 2. The summed E-state index contributed by atoms with van der Waals surface area (Å²) in [4.78, 5) is 22.6. The van der Waals surface area contributed by atoms with Gasteiger partial charge in [0.05, 0.1) is 16.7 Å². The zero-order chi connectivity index (χ0) is 16.2. The van der Waals surface area contributed by atoms with Crippen LogP contribution in [0.25, 0.3) is 0 Å². The highest BCUT2D eigenvalue weighted by molar-refractivity contribution is 5.99. The molecule has 1 rings (SSSR count). The number of carbonyl (C=O) groups is 1. The minimum atomic E-state index is -0.769. The molecule has 0 aliphatic rings. The highest BCUT2D eigenvalue weighted by Crippen LogP contribution is 2.27. The van der Waals surface area contributed by atoms with Crippen molar-refractivity contribution >= 4 is 17.3 Å². The van der Waals surface area contributed by atoms with E-state index in [1.54, 1.807) is 0 Å². The highest BCUT2D eigenvalue weighted by atomic mass is 19.1. The molecule has 0 atom stereocenters. The molecule has 0 fully saturated rings. The van der Waals surface area contributed by atoms with Crippen LogP contribution in [0.5, 0.6) is 0 Å². The summed E-state index contributed by atoms with van der Waals surface area (Å²) in [5.41, 5.74) is -1.11. The highest BCUT2D eigenvalue weighted by Gasteiger charge is 2.28. The molecular formula is C14H20FN3O3. The lowest BCUT2D eigenvalue weighted by atomic mass is 9.95. The molecule has 7 heteroatoms. The number of halogens is 1. The van der Waals surface area contributed by atoms with Crippen molar-refractivity contribution in [2.24, 2.45) is 0 Å². The molecule has 0 aliphatic heterocycles. The van der Waals surface area contributed by atoms with Crippen molar-refractivity contribution in [2.75, 3.05) is 12.4 Å². The predicted molar refractivity (Wildman–Crippen MR) is 79.1 cm³/mol. The van der Waals surface area contributed by atoms with Crippen molar-refractivity contribution in [2.45, 2.75) is 39.2 Å². The van der Waals surface area contributed by atoms with Gasteiger partial charge in [0.25, 0.3) is 11.6 Å². The third-order valence-corrected chi connectivity index (χ3v) is 3.77. The van der Waals surface area contributed by atoms with E-state index < -0.39 is 27.9 Å². The van der Waals surface area contributed by atoms with E-state index >= 15 is 0 Å². The van der Waals surface area contributed by atoms with Gasteiger partial charge in [-0.2, -0.15) is 0 Å². The second-order valence-corrected chi connectivity index (χ2v) is 5.08. The standard InChI is InChI=1S/C14H20FN3O3/c1-5-14(3,6-2)17-13(19)9-7-11(16-4)10(15)8-12(9)18(20)21/h7-8,16H,5-6H2,1-4H3,(H,17,19). The van der Waals surface area contributed by atoms with E-state index in [4.69, 9.17) is 0 Å². The van der Waals surface area contributed by atoms with Crippen molar-refractivity contribution < 1.29 is 14.1 Å². The quantitative estimate of drug-likeness (QED) is 0.624. The van der Waals surface area contributed by atoms with Gasteiger partial charge in [0, 0.05) is 12.6 Å². The van der Waals surface area contributed by atoms with Gasteiger partial charge < -0.3 is 10.6 Å². The minimum absolute atomic E-state index is 0.0421. The Morgan fingerprint density at radius 3 is 2.38 bits per heavy atom. The fourth-order valence-corrected chi connectivity index (χ4v) is 1.86. The largest absolute Gasteiger partial charge is 0.386 e. The topological polar surface area (TPSA) is 84.3 Å². The van der Waals surface area contributed by atoms with Crippen LogP contribution in [0.1, 0.15) is 44.0 Å². The summed E-state index contributed by atoms with van der Waals surface area (Å²) in [5.74, 6) is -1.35. The van der Waals surface area contributed by atoms with E-state index in [-0.39, 0.29) is 11.3 Å². The van der Waals surface area contributed by atoms with E-state index in [2.05, 4.69) is 10.6 Å². The van der Waals surface area contributed by atoms with E-state index in [1.165, 1.54) is 7.05 Å². The Morgan fingerprint density at radius 1 is 1.38 bits per heavy atom. The monoisotopic (exact) mass is 297 g/mol. The fourth-order valence-electron chi connectivity index (χ4n) is 1.86. The number of nitrogens with zero attached hydrogens (tertiary/aromatic N) is 1. The van der Waals surface area contributed by atoms with Gasteiger partial charge in [-0.1, -0.05) is 13.8 Å². The van der Waals surface area contributed by atoms with E-state index in [1.807, 2.05) is 20.8 Å². The number of anilines is 1. The van der Waals surface area contributed by atoms with Crippen molar-refractivity contribution in [3.05, 3.63) is 33.6 Å². The molecule has 0 aliphatic carbocycles. The smallest absolute Gasteiger partial charge is 0.285 e. The first-order valence-corrected chi connectivity index (χ1v) is 6.76. The van der Waals surface area contributed by atoms with Gasteiger partial charge >= 0.3 is 0 Å². The van der Waals surface area contributed by atoms with Crippen LogP contribution in [-0.4, -0.2) is 23.4 Å². The molecule has 116 valence electrons. The number of rotatable bonds is 6. The number of nitrogens with one attached hydrogen (secondary N) is 2. The zero-order valence-corrected chi connectivity index (χ0v) is 12.6. The SMILES string of the molecule is CCC(C)(CC)NC(=O)c1cc(NC)c(F)cc1[N+](=O)[O-]. The number of nitro benzene ring substituents is 1. The van der Waals surface area contributed by atoms with E-state index in [9.17, 15) is 19.3 Å². The van der Waals surface area contributed by atoms with Crippen LogP contribution in [0.2, 0.25) is 0 Å². The molecule has 2 N–H and O–H groups in total. The van der Waals surface area contributed by atoms with Crippen LogP contribution >= 0.6 is 0 Å². The summed E-state index contributed by atoms with van der Waals surface area (Å²) in [6.45, 7) is 5.70. The number of carbonyl (C=O) groups excluding carboxylic acids is 1. The maximum Gasteiger partial charge on any atom is 0.285 e. The Balaban J connectivity index is 3.27. The Kier molecular flexibility index (Phi) is 5.23. The second kappa shape index (κ2) is 6.51. The molecule has 0 aromatic heterocycles.